The molecular formula is C14H11ClFNO2. The van der Waals surface area contributed by atoms with Crippen LogP contribution in [-0.4, -0.2) is 11.0 Å². The van der Waals surface area contributed by atoms with E-state index in [9.17, 15) is 9.18 Å². The molecule has 0 atom stereocenters. The van der Waals surface area contributed by atoms with Gasteiger partial charge in [0.2, 0.25) is 0 Å². The van der Waals surface area contributed by atoms with E-state index in [4.69, 9.17) is 16.7 Å². The van der Waals surface area contributed by atoms with Crippen LogP contribution in [0.5, 0.6) is 0 Å². The van der Waals surface area contributed by atoms with Gasteiger partial charge in [-0.05, 0) is 35.9 Å². The number of hydrogen-bond acceptors (Lipinski definition) is 2. The normalized spacial score (nSPS) is 10.3. The molecule has 1 amide bonds. The quantitative estimate of drug-likeness (QED) is 0.906. The summed E-state index contributed by atoms with van der Waals surface area (Å²) < 4.78 is 13.5. The zero-order valence-electron chi connectivity index (χ0n) is 9.86. The summed E-state index contributed by atoms with van der Waals surface area (Å²) in [5.41, 5.74) is 1.13. The van der Waals surface area contributed by atoms with E-state index >= 15 is 0 Å². The Morgan fingerprint density at radius 2 is 1.89 bits per heavy atom. The van der Waals surface area contributed by atoms with Gasteiger partial charge in [-0.2, -0.15) is 0 Å². The summed E-state index contributed by atoms with van der Waals surface area (Å²) in [6, 6.07) is 10.4. The number of nitrogens with one attached hydrogen (secondary N) is 1. The van der Waals surface area contributed by atoms with Crippen LogP contribution < -0.4 is 5.32 Å². The zero-order chi connectivity index (χ0) is 13.8. The zero-order valence-corrected chi connectivity index (χ0v) is 10.6. The predicted octanol–water partition coefficient (Wildman–Crippen LogP) is 3.22. The molecule has 2 N–H and O–H groups in total. The molecule has 98 valence electrons. The van der Waals surface area contributed by atoms with Gasteiger partial charge in [-0.15, -0.1) is 0 Å². The van der Waals surface area contributed by atoms with E-state index in [1.165, 1.54) is 12.1 Å². The van der Waals surface area contributed by atoms with Crippen molar-refractivity contribution >= 4 is 23.2 Å². The molecule has 2 rings (SSSR count). The third kappa shape index (κ3) is 3.30. The largest absolute Gasteiger partial charge is 0.392 e. The van der Waals surface area contributed by atoms with Crippen molar-refractivity contribution in [3.05, 3.63) is 64.4 Å². The molecule has 0 spiro atoms. The van der Waals surface area contributed by atoms with Crippen LogP contribution in [0.2, 0.25) is 5.02 Å². The molecule has 0 aliphatic rings. The van der Waals surface area contributed by atoms with Crippen LogP contribution in [0.3, 0.4) is 0 Å². The van der Waals surface area contributed by atoms with Crippen molar-refractivity contribution in [3.63, 3.8) is 0 Å². The van der Waals surface area contributed by atoms with Gasteiger partial charge in [0.25, 0.3) is 5.91 Å². The fraction of sp³-hybridized carbons (Fsp3) is 0.0714. The number of aliphatic hydroxyl groups excluding tert-OH is 1. The van der Waals surface area contributed by atoms with Crippen molar-refractivity contribution in [1.29, 1.82) is 0 Å². The molecule has 0 heterocycles. The molecule has 0 fully saturated rings. The average molecular weight is 280 g/mol. The van der Waals surface area contributed by atoms with Gasteiger partial charge in [0.15, 0.2) is 0 Å². The molecule has 2 aromatic carbocycles. The van der Waals surface area contributed by atoms with Crippen molar-refractivity contribution in [2.75, 3.05) is 5.32 Å². The van der Waals surface area contributed by atoms with Crippen LogP contribution in [0.1, 0.15) is 15.9 Å². The second kappa shape index (κ2) is 5.82. The van der Waals surface area contributed by atoms with Crippen LogP contribution in [0.4, 0.5) is 10.1 Å². The molecular weight excluding hydrogens is 269 g/mol. The summed E-state index contributed by atoms with van der Waals surface area (Å²) >= 11 is 5.73. The Balaban J connectivity index is 2.18. The summed E-state index contributed by atoms with van der Waals surface area (Å²) in [7, 11) is 0. The Kier molecular flexibility index (Phi) is 4.14. The lowest BCUT2D eigenvalue weighted by Crippen LogP contribution is -2.13. The molecule has 0 aliphatic heterocycles. The maximum Gasteiger partial charge on any atom is 0.258 e. The van der Waals surface area contributed by atoms with Gasteiger partial charge in [0.1, 0.15) is 5.82 Å². The Hall–Kier alpha value is -1.91. The van der Waals surface area contributed by atoms with Crippen LogP contribution in [-0.2, 0) is 6.61 Å². The Bertz CT molecular complexity index is 599. The van der Waals surface area contributed by atoms with E-state index in [0.717, 1.165) is 11.6 Å². The number of aliphatic hydroxyl groups is 1. The van der Waals surface area contributed by atoms with E-state index in [-0.39, 0.29) is 12.2 Å². The van der Waals surface area contributed by atoms with Gasteiger partial charge in [-0.25, -0.2) is 4.39 Å². The van der Waals surface area contributed by atoms with Gasteiger partial charge in [-0.3, -0.25) is 4.79 Å². The van der Waals surface area contributed by atoms with Crippen LogP contribution in [0, 0.1) is 5.82 Å². The topological polar surface area (TPSA) is 49.3 Å². The first-order valence-electron chi connectivity index (χ1n) is 5.56. The molecule has 0 bridgehead atoms. The van der Waals surface area contributed by atoms with Gasteiger partial charge < -0.3 is 10.4 Å². The third-order valence-corrected chi connectivity index (χ3v) is 2.80. The molecule has 0 saturated heterocycles. The average Bonchev–Trinajstić information content (AvgIpc) is 2.42. The number of amides is 1. The number of anilines is 1. The predicted molar refractivity (Wildman–Crippen MR) is 71.7 cm³/mol. The van der Waals surface area contributed by atoms with Crippen molar-refractivity contribution in [1.82, 2.24) is 0 Å². The van der Waals surface area contributed by atoms with Gasteiger partial charge in [-0.1, -0.05) is 23.7 Å². The van der Waals surface area contributed by atoms with E-state index in [0.29, 0.717) is 10.7 Å². The summed E-state index contributed by atoms with van der Waals surface area (Å²) in [6.45, 7) is -0.0723. The molecule has 3 nitrogen and oxygen atoms in total. The first-order chi connectivity index (χ1) is 9.10. The number of hydrogen-bond donors (Lipinski definition) is 2. The highest BCUT2D eigenvalue weighted by Gasteiger charge is 2.12. The molecule has 19 heavy (non-hydrogen) atoms. The van der Waals surface area contributed by atoms with Gasteiger partial charge >= 0.3 is 0 Å². The highest BCUT2D eigenvalue weighted by Crippen LogP contribution is 2.17. The Morgan fingerprint density at radius 3 is 2.53 bits per heavy atom. The van der Waals surface area contributed by atoms with E-state index < -0.39 is 11.7 Å². The molecule has 0 unspecified atom stereocenters. The fourth-order valence-electron chi connectivity index (χ4n) is 1.56. The maximum absolute atomic E-state index is 13.5. The number of rotatable bonds is 3. The highest BCUT2D eigenvalue weighted by atomic mass is 35.5. The maximum atomic E-state index is 13.5. The van der Waals surface area contributed by atoms with Crippen LogP contribution in [0.25, 0.3) is 0 Å². The van der Waals surface area contributed by atoms with Gasteiger partial charge in [0.05, 0.1) is 12.2 Å². The fourth-order valence-corrected chi connectivity index (χ4v) is 1.74. The first kappa shape index (κ1) is 13.5. The number of carbonyl (C=O) groups is 1. The van der Waals surface area contributed by atoms with Crippen molar-refractivity contribution in [2.45, 2.75) is 6.61 Å². The molecule has 0 radical (unpaired) electrons. The van der Waals surface area contributed by atoms with Crippen molar-refractivity contribution in [2.24, 2.45) is 0 Å². The minimum atomic E-state index is -0.631. The summed E-state index contributed by atoms with van der Waals surface area (Å²) in [4.78, 5) is 11.9. The lowest BCUT2D eigenvalue weighted by atomic mass is 10.1. The molecule has 0 aliphatic carbocycles. The highest BCUT2D eigenvalue weighted by molar-refractivity contribution is 6.31. The molecule has 0 saturated carbocycles. The Morgan fingerprint density at radius 1 is 1.21 bits per heavy atom. The second-order valence-corrected chi connectivity index (χ2v) is 4.37. The number of carbonyl (C=O) groups excluding carboxylic acids is 1. The minimum absolute atomic E-state index is 0.0723. The smallest absolute Gasteiger partial charge is 0.258 e. The number of halogens is 2. The summed E-state index contributed by atoms with van der Waals surface area (Å²) in [5.74, 6) is -1.20. The van der Waals surface area contributed by atoms with Crippen molar-refractivity contribution < 1.29 is 14.3 Å². The minimum Gasteiger partial charge on any atom is -0.392 e. The number of benzene rings is 2. The monoisotopic (exact) mass is 279 g/mol. The second-order valence-electron chi connectivity index (χ2n) is 3.93. The van der Waals surface area contributed by atoms with Gasteiger partial charge in [0, 0.05) is 10.7 Å². The SMILES string of the molecule is O=C(Nc1ccc(CO)cc1)c1cc(Cl)ccc1F. The third-order valence-electron chi connectivity index (χ3n) is 2.57. The molecule has 2 aromatic rings. The molecule has 0 aromatic heterocycles. The van der Waals surface area contributed by atoms with E-state index in [1.54, 1.807) is 24.3 Å². The van der Waals surface area contributed by atoms with E-state index in [1.807, 2.05) is 0 Å². The standard InChI is InChI=1S/C14H11ClFNO2/c15-10-3-6-13(16)12(7-10)14(19)17-11-4-1-9(8-18)2-5-11/h1-7,18H,8H2,(H,17,19). The molecule has 5 heteroatoms. The van der Waals surface area contributed by atoms with E-state index in [2.05, 4.69) is 5.32 Å². The van der Waals surface area contributed by atoms with Crippen LogP contribution in [0.15, 0.2) is 42.5 Å². The lowest BCUT2D eigenvalue weighted by molar-refractivity contribution is 0.102. The summed E-state index contributed by atoms with van der Waals surface area (Å²) in [6.07, 6.45) is 0. The van der Waals surface area contributed by atoms with Crippen LogP contribution >= 0.6 is 11.6 Å². The lowest BCUT2D eigenvalue weighted by Gasteiger charge is -2.07. The summed E-state index contributed by atoms with van der Waals surface area (Å²) in [5, 5.41) is 11.8. The first-order valence-corrected chi connectivity index (χ1v) is 5.94. The Labute approximate surface area is 114 Å². The van der Waals surface area contributed by atoms with Crippen molar-refractivity contribution in [3.8, 4) is 0 Å².